The molecular weight excluding hydrogens is 246 g/mol. The van der Waals surface area contributed by atoms with E-state index in [9.17, 15) is 0 Å². The lowest BCUT2D eigenvalue weighted by atomic mass is 9.71. The Balaban J connectivity index is 2.06. The summed E-state index contributed by atoms with van der Waals surface area (Å²) in [6.07, 6.45) is 0. The molecule has 104 valence electrons. The molecule has 0 amide bonds. The quantitative estimate of drug-likeness (QED) is 0.916. The summed E-state index contributed by atoms with van der Waals surface area (Å²) in [5, 5.41) is 3.17. The van der Waals surface area contributed by atoms with Crippen LogP contribution < -0.4 is 5.32 Å². The number of nitrogens with one attached hydrogen (secondary N) is 1. The first-order chi connectivity index (χ1) is 9.65. The monoisotopic (exact) mass is 267 g/mol. The van der Waals surface area contributed by atoms with Gasteiger partial charge in [-0.25, -0.2) is 0 Å². The number of benzene rings is 2. The molecule has 1 fully saturated rings. The van der Waals surface area contributed by atoms with Gasteiger partial charge >= 0.3 is 0 Å². The predicted molar refractivity (Wildman–Crippen MR) is 83.5 cm³/mol. The smallest absolute Gasteiger partial charge is 0.0672 e. The van der Waals surface area contributed by atoms with E-state index in [0.717, 1.165) is 18.9 Å². The van der Waals surface area contributed by atoms with Crippen LogP contribution in [-0.2, 0) is 10.2 Å². The lowest BCUT2D eigenvalue weighted by Gasteiger charge is -2.43. The minimum absolute atomic E-state index is 0.0318. The number of hydrogen-bond donors (Lipinski definition) is 1. The second-order valence-electron chi connectivity index (χ2n) is 5.72. The number of hydrogen-bond acceptors (Lipinski definition) is 2. The fourth-order valence-electron chi connectivity index (χ4n) is 3.09. The summed E-state index contributed by atoms with van der Waals surface area (Å²) >= 11 is 0. The largest absolute Gasteiger partial charge is 0.388 e. The topological polar surface area (TPSA) is 21.3 Å². The minimum Gasteiger partial charge on any atom is -0.388 e. The van der Waals surface area contributed by atoms with E-state index < -0.39 is 0 Å². The molecular formula is C18H21NO. The number of anilines is 1. The van der Waals surface area contributed by atoms with E-state index >= 15 is 0 Å². The summed E-state index contributed by atoms with van der Waals surface area (Å²) in [7, 11) is 1.95. The zero-order valence-corrected chi connectivity index (χ0v) is 12.4. The van der Waals surface area contributed by atoms with E-state index in [4.69, 9.17) is 4.74 Å². The molecule has 0 radical (unpaired) electrons. The minimum atomic E-state index is 0.0318. The number of ether oxygens (including phenoxy) is 1. The number of aryl methyl sites for hydroxylation is 2. The molecule has 1 aliphatic heterocycles. The van der Waals surface area contributed by atoms with Gasteiger partial charge in [0.15, 0.2) is 0 Å². The van der Waals surface area contributed by atoms with Crippen LogP contribution in [0.4, 0.5) is 5.69 Å². The first kappa shape index (κ1) is 13.2. The Kier molecular flexibility index (Phi) is 3.27. The van der Waals surface area contributed by atoms with Crippen molar-refractivity contribution in [3.8, 4) is 0 Å². The first-order valence-electron chi connectivity index (χ1n) is 7.09. The van der Waals surface area contributed by atoms with E-state index in [1.807, 2.05) is 7.05 Å². The van der Waals surface area contributed by atoms with Crippen molar-refractivity contribution in [2.24, 2.45) is 0 Å². The van der Waals surface area contributed by atoms with Gasteiger partial charge in [-0.05, 0) is 42.7 Å². The molecule has 0 aromatic heterocycles. The Morgan fingerprint density at radius 3 is 2.20 bits per heavy atom. The van der Waals surface area contributed by atoms with Crippen molar-refractivity contribution in [3.05, 3.63) is 64.7 Å². The molecule has 0 unspecified atom stereocenters. The lowest BCUT2D eigenvalue weighted by Crippen LogP contribution is -2.48. The Morgan fingerprint density at radius 1 is 1.00 bits per heavy atom. The molecule has 1 saturated heterocycles. The Morgan fingerprint density at radius 2 is 1.70 bits per heavy atom. The van der Waals surface area contributed by atoms with Crippen LogP contribution in [0, 0.1) is 13.8 Å². The molecule has 1 N–H and O–H groups in total. The average molecular weight is 267 g/mol. The molecule has 0 atom stereocenters. The van der Waals surface area contributed by atoms with E-state index in [2.05, 4.69) is 61.6 Å². The molecule has 20 heavy (non-hydrogen) atoms. The molecule has 1 aliphatic rings. The van der Waals surface area contributed by atoms with E-state index in [1.54, 1.807) is 0 Å². The third-order valence-electron chi connectivity index (χ3n) is 4.32. The molecule has 0 bridgehead atoms. The van der Waals surface area contributed by atoms with Gasteiger partial charge in [-0.1, -0.05) is 35.9 Å². The first-order valence-corrected chi connectivity index (χ1v) is 7.09. The Hall–Kier alpha value is -1.80. The zero-order chi connectivity index (χ0) is 14.2. The molecule has 0 saturated carbocycles. The highest BCUT2D eigenvalue weighted by Gasteiger charge is 2.42. The highest BCUT2D eigenvalue weighted by atomic mass is 16.5. The maximum Gasteiger partial charge on any atom is 0.0672 e. The van der Waals surface area contributed by atoms with Crippen molar-refractivity contribution in [2.45, 2.75) is 19.3 Å². The van der Waals surface area contributed by atoms with E-state index in [1.165, 1.54) is 22.3 Å². The second kappa shape index (κ2) is 4.95. The van der Waals surface area contributed by atoms with Gasteiger partial charge in [0.2, 0.25) is 0 Å². The van der Waals surface area contributed by atoms with Gasteiger partial charge in [-0.3, -0.25) is 0 Å². The van der Waals surface area contributed by atoms with Crippen molar-refractivity contribution in [1.82, 2.24) is 0 Å². The third kappa shape index (κ3) is 2.01. The standard InChI is InChI=1S/C18H21NO/c1-13-4-9-17(14(2)10-13)18(11-20-12-18)15-5-7-16(19-3)8-6-15/h4-10,19H,11-12H2,1-3H3. The summed E-state index contributed by atoms with van der Waals surface area (Å²) in [6.45, 7) is 5.89. The molecule has 2 heteroatoms. The molecule has 0 aliphatic carbocycles. The average Bonchev–Trinajstić information content (AvgIpc) is 2.40. The van der Waals surface area contributed by atoms with E-state index in [0.29, 0.717) is 0 Å². The summed E-state index contributed by atoms with van der Waals surface area (Å²) < 4.78 is 5.57. The normalized spacial score (nSPS) is 16.6. The van der Waals surface area contributed by atoms with Crippen molar-refractivity contribution >= 4 is 5.69 Å². The second-order valence-corrected chi connectivity index (χ2v) is 5.72. The highest BCUT2D eigenvalue weighted by Crippen LogP contribution is 2.41. The summed E-state index contributed by atoms with van der Waals surface area (Å²) in [6, 6.07) is 15.4. The fourth-order valence-corrected chi connectivity index (χ4v) is 3.09. The highest BCUT2D eigenvalue weighted by molar-refractivity contribution is 5.51. The predicted octanol–water partition coefficient (Wildman–Crippen LogP) is 3.66. The maximum atomic E-state index is 5.57. The van der Waals surface area contributed by atoms with Crippen LogP contribution in [0.2, 0.25) is 0 Å². The molecule has 1 heterocycles. The van der Waals surface area contributed by atoms with Crippen molar-refractivity contribution < 1.29 is 4.74 Å². The van der Waals surface area contributed by atoms with Gasteiger partial charge in [0.05, 0.1) is 18.6 Å². The van der Waals surface area contributed by atoms with Crippen LogP contribution in [0.1, 0.15) is 22.3 Å². The zero-order valence-electron chi connectivity index (χ0n) is 12.4. The molecule has 3 rings (SSSR count). The van der Waals surface area contributed by atoms with Gasteiger partial charge in [-0.15, -0.1) is 0 Å². The van der Waals surface area contributed by atoms with Gasteiger partial charge in [0.25, 0.3) is 0 Å². The SMILES string of the molecule is CNc1ccc(C2(c3ccc(C)cc3C)COC2)cc1. The molecule has 2 nitrogen and oxygen atoms in total. The molecule has 2 aromatic rings. The van der Waals surface area contributed by atoms with Crippen molar-refractivity contribution in [3.63, 3.8) is 0 Å². The van der Waals surface area contributed by atoms with Crippen molar-refractivity contribution in [2.75, 3.05) is 25.6 Å². The summed E-state index contributed by atoms with van der Waals surface area (Å²) in [5.74, 6) is 0. The van der Waals surface area contributed by atoms with Crippen LogP contribution in [0.5, 0.6) is 0 Å². The van der Waals surface area contributed by atoms with E-state index in [-0.39, 0.29) is 5.41 Å². The van der Waals surface area contributed by atoms with Gasteiger partial charge in [0.1, 0.15) is 0 Å². The van der Waals surface area contributed by atoms with Crippen LogP contribution in [-0.4, -0.2) is 20.3 Å². The van der Waals surface area contributed by atoms with Gasteiger partial charge in [0, 0.05) is 12.7 Å². The van der Waals surface area contributed by atoms with Crippen LogP contribution in [0.3, 0.4) is 0 Å². The van der Waals surface area contributed by atoms with Gasteiger partial charge in [-0.2, -0.15) is 0 Å². The van der Waals surface area contributed by atoms with Gasteiger partial charge < -0.3 is 10.1 Å². The lowest BCUT2D eigenvalue weighted by molar-refractivity contribution is -0.0382. The number of rotatable bonds is 3. The fraction of sp³-hybridized carbons (Fsp3) is 0.333. The van der Waals surface area contributed by atoms with Crippen molar-refractivity contribution in [1.29, 1.82) is 0 Å². The van der Waals surface area contributed by atoms with Crippen LogP contribution >= 0.6 is 0 Å². The third-order valence-corrected chi connectivity index (χ3v) is 4.32. The summed E-state index contributed by atoms with van der Waals surface area (Å²) in [5.41, 5.74) is 6.58. The van der Waals surface area contributed by atoms with Crippen LogP contribution in [0.25, 0.3) is 0 Å². The molecule has 2 aromatic carbocycles. The maximum absolute atomic E-state index is 5.57. The van der Waals surface area contributed by atoms with Crippen LogP contribution in [0.15, 0.2) is 42.5 Å². The Labute approximate surface area is 120 Å². The molecule has 0 spiro atoms. The summed E-state index contributed by atoms with van der Waals surface area (Å²) in [4.78, 5) is 0. The Bertz CT molecular complexity index is 612.